The highest BCUT2D eigenvalue weighted by molar-refractivity contribution is 6.05. The smallest absolute Gasteiger partial charge is 0.238 e. The largest absolute Gasteiger partial charge is 0.309 e. The van der Waals surface area contributed by atoms with Gasteiger partial charge in [-0.05, 0) is 144 Å². The van der Waals surface area contributed by atoms with Crippen LogP contribution in [-0.2, 0) is 0 Å². The quantitative estimate of drug-likeness (QED) is 0.137. The molecule has 0 aliphatic rings. The number of hydrogen-bond donors (Lipinski definition) is 0. The van der Waals surface area contributed by atoms with E-state index in [1.807, 2.05) is 18.2 Å². The van der Waals surface area contributed by atoms with Gasteiger partial charge in [0.1, 0.15) is 0 Å². The minimum Gasteiger partial charge on any atom is -0.309 e. The number of anilines is 6. The lowest BCUT2D eigenvalue weighted by atomic mass is 9.95. The summed E-state index contributed by atoms with van der Waals surface area (Å²) in [5.74, 6) is 1.67. The van der Waals surface area contributed by atoms with E-state index in [1.54, 1.807) is 0 Å². The van der Waals surface area contributed by atoms with E-state index in [9.17, 15) is 0 Å². The molecule has 0 saturated heterocycles. The second kappa shape index (κ2) is 18.4. The lowest BCUT2D eigenvalue weighted by molar-refractivity contribution is 1.02. The Hall–Kier alpha value is -8.67. The maximum absolute atomic E-state index is 5.60. The first-order valence-corrected chi connectivity index (χ1v) is 24.0. The minimum absolute atomic E-state index is 0.503. The van der Waals surface area contributed by atoms with E-state index in [4.69, 9.17) is 15.0 Å². The van der Waals surface area contributed by atoms with Gasteiger partial charge < -0.3 is 4.90 Å². The molecule has 1 aromatic heterocycles. The van der Waals surface area contributed by atoms with Crippen molar-refractivity contribution in [1.29, 1.82) is 0 Å². The molecule has 0 fully saturated rings. The molecule has 10 aromatic carbocycles. The highest BCUT2D eigenvalue weighted by atomic mass is 15.3. The monoisotopic (exact) mass is 903 g/mol. The van der Waals surface area contributed by atoms with Gasteiger partial charge in [-0.3, -0.25) is 4.90 Å². The Kier molecular flexibility index (Phi) is 11.6. The predicted octanol–water partition coefficient (Wildman–Crippen LogP) is 17.6. The molecule has 11 aromatic rings. The van der Waals surface area contributed by atoms with Crippen LogP contribution in [0, 0.1) is 41.5 Å². The van der Waals surface area contributed by atoms with Crippen LogP contribution in [0.3, 0.4) is 0 Å². The SMILES string of the molecule is Cc1cc(C)c(N(c2ccc(N(c3nc(-c4ccccc4)nc(-c4cc5ccccc5cc4-c4ccccc4)n3)c3ccc4ccccc4c3-c3ccccc3)cc2)c2c(C)cc(C)cc2C)c(C)c1. The van der Waals surface area contributed by atoms with Crippen molar-refractivity contribution in [2.45, 2.75) is 41.5 Å². The second-order valence-corrected chi connectivity index (χ2v) is 18.5. The van der Waals surface area contributed by atoms with Crippen LogP contribution in [-0.4, -0.2) is 15.0 Å². The summed E-state index contributed by atoms with van der Waals surface area (Å²) in [6.45, 7) is 13.3. The molecule has 0 N–H and O–H groups in total. The first-order valence-electron chi connectivity index (χ1n) is 24.0. The molecule has 0 amide bonds. The average Bonchev–Trinajstić information content (AvgIpc) is 3.38. The third-order valence-corrected chi connectivity index (χ3v) is 13.4. The third kappa shape index (κ3) is 8.26. The van der Waals surface area contributed by atoms with Crippen molar-refractivity contribution in [2.75, 3.05) is 9.80 Å². The van der Waals surface area contributed by atoms with Gasteiger partial charge in [-0.15, -0.1) is 0 Å². The van der Waals surface area contributed by atoms with Crippen LogP contribution in [0.25, 0.3) is 66.6 Å². The average molecular weight is 904 g/mol. The van der Waals surface area contributed by atoms with Crippen molar-refractivity contribution < 1.29 is 0 Å². The normalized spacial score (nSPS) is 11.3. The van der Waals surface area contributed by atoms with Crippen LogP contribution in [0.4, 0.5) is 34.4 Å². The zero-order chi connectivity index (χ0) is 47.9. The molecular formula is C65H53N5. The van der Waals surface area contributed by atoms with Gasteiger partial charge in [-0.1, -0.05) is 181 Å². The highest BCUT2D eigenvalue weighted by Crippen LogP contribution is 2.47. The molecule has 0 spiro atoms. The Morgan fingerprint density at radius 3 is 1.33 bits per heavy atom. The summed E-state index contributed by atoms with van der Waals surface area (Å²) in [6, 6.07) is 75.6. The fourth-order valence-electron chi connectivity index (χ4n) is 10.5. The summed E-state index contributed by atoms with van der Waals surface area (Å²) < 4.78 is 0. The van der Waals surface area contributed by atoms with E-state index in [0.717, 1.165) is 72.0 Å². The topological polar surface area (TPSA) is 45.2 Å². The van der Waals surface area contributed by atoms with Crippen molar-refractivity contribution in [3.8, 4) is 45.0 Å². The summed E-state index contributed by atoms with van der Waals surface area (Å²) in [5, 5.41) is 4.53. The Labute approximate surface area is 411 Å². The molecule has 11 rings (SSSR count). The summed E-state index contributed by atoms with van der Waals surface area (Å²) in [4.78, 5) is 21.1. The van der Waals surface area contributed by atoms with Gasteiger partial charge in [0.2, 0.25) is 5.95 Å². The first kappa shape index (κ1) is 43.9. The first-order chi connectivity index (χ1) is 34.2. The van der Waals surface area contributed by atoms with Gasteiger partial charge in [0.05, 0.1) is 17.1 Å². The second-order valence-electron chi connectivity index (χ2n) is 18.5. The van der Waals surface area contributed by atoms with Gasteiger partial charge in [-0.25, -0.2) is 4.98 Å². The molecule has 0 aliphatic carbocycles. The van der Waals surface area contributed by atoms with Crippen LogP contribution in [0.2, 0.25) is 0 Å². The fraction of sp³-hybridized carbons (Fsp3) is 0.0923. The Morgan fingerprint density at radius 2 is 0.771 bits per heavy atom. The Morgan fingerprint density at radius 1 is 0.329 bits per heavy atom. The minimum atomic E-state index is 0.503. The van der Waals surface area contributed by atoms with Gasteiger partial charge in [0.25, 0.3) is 0 Å². The number of hydrogen-bond acceptors (Lipinski definition) is 5. The van der Waals surface area contributed by atoms with Gasteiger partial charge >= 0.3 is 0 Å². The summed E-state index contributed by atoms with van der Waals surface area (Å²) in [5.41, 5.74) is 18.8. The number of rotatable bonds is 10. The highest BCUT2D eigenvalue weighted by Gasteiger charge is 2.27. The maximum Gasteiger partial charge on any atom is 0.238 e. The van der Waals surface area contributed by atoms with E-state index in [-0.39, 0.29) is 0 Å². The van der Waals surface area contributed by atoms with Gasteiger partial charge in [0, 0.05) is 28.1 Å². The molecule has 338 valence electrons. The lowest BCUT2D eigenvalue weighted by Crippen LogP contribution is -2.18. The number of benzene rings is 10. The lowest BCUT2D eigenvalue weighted by Gasteiger charge is -2.32. The molecule has 0 saturated carbocycles. The Balaban J connectivity index is 1.20. The van der Waals surface area contributed by atoms with E-state index >= 15 is 0 Å². The van der Waals surface area contributed by atoms with Crippen molar-refractivity contribution in [2.24, 2.45) is 0 Å². The predicted molar refractivity (Wildman–Crippen MR) is 294 cm³/mol. The van der Waals surface area contributed by atoms with Gasteiger partial charge in [-0.2, -0.15) is 9.97 Å². The van der Waals surface area contributed by atoms with Crippen LogP contribution < -0.4 is 9.80 Å². The van der Waals surface area contributed by atoms with Crippen LogP contribution >= 0.6 is 0 Å². The van der Waals surface area contributed by atoms with Crippen molar-refractivity contribution in [3.63, 3.8) is 0 Å². The van der Waals surface area contributed by atoms with Crippen LogP contribution in [0.15, 0.2) is 212 Å². The number of nitrogens with zero attached hydrogens (tertiary/aromatic N) is 5. The van der Waals surface area contributed by atoms with E-state index in [2.05, 4.69) is 245 Å². The van der Waals surface area contributed by atoms with Crippen LogP contribution in [0.5, 0.6) is 0 Å². The summed E-state index contributed by atoms with van der Waals surface area (Å²) >= 11 is 0. The molecular weight excluding hydrogens is 851 g/mol. The van der Waals surface area contributed by atoms with E-state index in [1.165, 1.54) is 44.8 Å². The van der Waals surface area contributed by atoms with Crippen molar-refractivity contribution >= 4 is 55.9 Å². The van der Waals surface area contributed by atoms with Crippen molar-refractivity contribution in [1.82, 2.24) is 15.0 Å². The van der Waals surface area contributed by atoms with E-state index < -0.39 is 0 Å². The standard InChI is InChI=1S/C65H53N5/c1-42-36-44(3)61(45(4)37-42)70(62-46(5)38-43(2)39-47(62)6)55-33-31-54(32-34-55)69(59-35-30-49-22-18-19-29-56(49)60(59)50-23-12-8-13-24-50)65-67-63(51-25-14-9-15-26-51)66-64(68-65)58-41-53-28-17-16-27-52(53)40-57(58)48-20-10-7-11-21-48/h7-41H,1-6H3. The molecule has 0 aliphatic heterocycles. The molecule has 5 nitrogen and oxygen atoms in total. The zero-order valence-corrected chi connectivity index (χ0v) is 40.4. The molecule has 0 radical (unpaired) electrons. The van der Waals surface area contributed by atoms with Crippen LogP contribution in [0.1, 0.15) is 33.4 Å². The van der Waals surface area contributed by atoms with Crippen molar-refractivity contribution in [3.05, 3.63) is 246 Å². The van der Waals surface area contributed by atoms with Gasteiger partial charge in [0.15, 0.2) is 11.6 Å². The third-order valence-electron chi connectivity index (χ3n) is 13.4. The number of fused-ring (bicyclic) bond motifs is 2. The molecule has 0 atom stereocenters. The maximum atomic E-state index is 5.60. The molecule has 70 heavy (non-hydrogen) atoms. The zero-order valence-electron chi connectivity index (χ0n) is 40.4. The molecule has 0 bridgehead atoms. The van der Waals surface area contributed by atoms with E-state index in [0.29, 0.717) is 17.6 Å². The molecule has 0 unspecified atom stereocenters. The molecule has 1 heterocycles. The molecule has 5 heteroatoms. The Bertz CT molecular complexity index is 3610. The number of aromatic nitrogens is 3. The number of aryl methyl sites for hydroxylation is 6. The fourth-order valence-corrected chi connectivity index (χ4v) is 10.5. The summed E-state index contributed by atoms with van der Waals surface area (Å²) in [6.07, 6.45) is 0. The summed E-state index contributed by atoms with van der Waals surface area (Å²) in [7, 11) is 0.